The molecule has 1 aliphatic carbocycles. The summed E-state index contributed by atoms with van der Waals surface area (Å²) in [7, 11) is 1.95. The van der Waals surface area contributed by atoms with Gasteiger partial charge in [-0.3, -0.25) is 0 Å². The SMILES string of the molecule is CC1CCCC(CNCc2ncc(Cl)n2C)C1. The van der Waals surface area contributed by atoms with Crippen LogP contribution in [0.4, 0.5) is 0 Å². The van der Waals surface area contributed by atoms with Crippen molar-refractivity contribution in [3.8, 4) is 0 Å². The topological polar surface area (TPSA) is 29.9 Å². The summed E-state index contributed by atoms with van der Waals surface area (Å²) in [6.07, 6.45) is 7.25. The summed E-state index contributed by atoms with van der Waals surface area (Å²) in [5, 5.41) is 4.21. The Morgan fingerprint density at radius 3 is 3.00 bits per heavy atom. The van der Waals surface area contributed by atoms with Crippen LogP contribution in [0.3, 0.4) is 0 Å². The van der Waals surface area contributed by atoms with Gasteiger partial charge in [-0.15, -0.1) is 0 Å². The molecule has 1 heterocycles. The van der Waals surface area contributed by atoms with Crippen LogP contribution in [0.15, 0.2) is 6.20 Å². The van der Waals surface area contributed by atoms with Crippen LogP contribution >= 0.6 is 11.6 Å². The molecule has 1 aromatic rings. The maximum absolute atomic E-state index is 5.95. The fraction of sp³-hybridized carbons (Fsp3) is 0.769. The van der Waals surface area contributed by atoms with Crippen molar-refractivity contribution in [2.24, 2.45) is 18.9 Å². The van der Waals surface area contributed by atoms with Crippen LogP contribution in [-0.4, -0.2) is 16.1 Å². The Balaban J connectivity index is 1.74. The average molecular weight is 256 g/mol. The standard InChI is InChI=1S/C13H22ClN3/c1-10-4-3-5-11(6-10)7-15-9-13-16-8-12(14)17(13)2/h8,10-11,15H,3-7,9H2,1-2H3. The number of imidazole rings is 1. The highest BCUT2D eigenvalue weighted by atomic mass is 35.5. The van der Waals surface area contributed by atoms with E-state index in [1.54, 1.807) is 6.20 Å². The molecule has 0 bridgehead atoms. The van der Waals surface area contributed by atoms with E-state index in [1.807, 2.05) is 11.6 Å². The van der Waals surface area contributed by atoms with Crippen LogP contribution in [0.1, 0.15) is 38.4 Å². The first kappa shape index (κ1) is 12.9. The van der Waals surface area contributed by atoms with Crippen LogP contribution in [0.2, 0.25) is 5.15 Å². The number of nitrogens with one attached hydrogen (secondary N) is 1. The molecule has 2 atom stereocenters. The van der Waals surface area contributed by atoms with E-state index in [0.717, 1.165) is 30.7 Å². The smallest absolute Gasteiger partial charge is 0.128 e. The maximum Gasteiger partial charge on any atom is 0.128 e. The first-order valence-corrected chi connectivity index (χ1v) is 6.91. The quantitative estimate of drug-likeness (QED) is 0.897. The molecule has 4 heteroatoms. The molecule has 1 aliphatic rings. The lowest BCUT2D eigenvalue weighted by Crippen LogP contribution is -2.27. The van der Waals surface area contributed by atoms with E-state index >= 15 is 0 Å². The second kappa shape index (κ2) is 5.87. The zero-order valence-electron chi connectivity index (χ0n) is 10.7. The van der Waals surface area contributed by atoms with E-state index in [1.165, 1.54) is 25.7 Å². The molecule has 1 saturated carbocycles. The van der Waals surface area contributed by atoms with Gasteiger partial charge >= 0.3 is 0 Å². The molecule has 2 unspecified atom stereocenters. The molecule has 1 N–H and O–H groups in total. The monoisotopic (exact) mass is 255 g/mol. The van der Waals surface area contributed by atoms with Gasteiger partial charge in [-0.25, -0.2) is 4.98 Å². The number of aromatic nitrogens is 2. The Labute approximate surface area is 109 Å². The third-order valence-electron chi connectivity index (χ3n) is 3.79. The predicted octanol–water partition coefficient (Wildman–Crippen LogP) is 2.99. The van der Waals surface area contributed by atoms with Gasteiger partial charge in [0.2, 0.25) is 0 Å². The highest BCUT2D eigenvalue weighted by Crippen LogP contribution is 2.27. The third-order valence-corrected chi connectivity index (χ3v) is 4.14. The highest BCUT2D eigenvalue weighted by molar-refractivity contribution is 6.29. The summed E-state index contributed by atoms with van der Waals surface area (Å²) >= 11 is 5.95. The fourth-order valence-electron chi connectivity index (χ4n) is 2.72. The molecular formula is C13H22ClN3. The van der Waals surface area contributed by atoms with Crippen molar-refractivity contribution < 1.29 is 0 Å². The summed E-state index contributed by atoms with van der Waals surface area (Å²) in [4.78, 5) is 4.28. The van der Waals surface area contributed by atoms with E-state index in [-0.39, 0.29) is 0 Å². The molecule has 1 fully saturated rings. The molecule has 0 saturated heterocycles. The fourth-order valence-corrected chi connectivity index (χ4v) is 2.87. The molecule has 0 spiro atoms. The van der Waals surface area contributed by atoms with E-state index in [9.17, 15) is 0 Å². The van der Waals surface area contributed by atoms with E-state index in [2.05, 4.69) is 17.2 Å². The van der Waals surface area contributed by atoms with Crippen LogP contribution in [0.5, 0.6) is 0 Å². The largest absolute Gasteiger partial charge is 0.321 e. The van der Waals surface area contributed by atoms with Crippen molar-refractivity contribution >= 4 is 11.6 Å². The highest BCUT2D eigenvalue weighted by Gasteiger charge is 2.18. The third kappa shape index (κ3) is 3.46. The second-order valence-corrected chi connectivity index (χ2v) is 5.71. The van der Waals surface area contributed by atoms with Gasteiger partial charge in [-0.1, -0.05) is 31.4 Å². The molecule has 0 aromatic carbocycles. The van der Waals surface area contributed by atoms with Crippen molar-refractivity contribution in [2.75, 3.05) is 6.54 Å². The van der Waals surface area contributed by atoms with Gasteiger partial charge < -0.3 is 9.88 Å². The average Bonchev–Trinajstić information content (AvgIpc) is 2.61. The zero-order chi connectivity index (χ0) is 12.3. The molecule has 0 amide bonds. The van der Waals surface area contributed by atoms with E-state index in [4.69, 9.17) is 11.6 Å². The van der Waals surface area contributed by atoms with Gasteiger partial charge in [0.05, 0.1) is 12.7 Å². The van der Waals surface area contributed by atoms with E-state index < -0.39 is 0 Å². The molecular weight excluding hydrogens is 234 g/mol. The lowest BCUT2D eigenvalue weighted by Gasteiger charge is -2.26. The Kier molecular flexibility index (Phi) is 4.46. The van der Waals surface area contributed by atoms with Gasteiger partial charge in [0.25, 0.3) is 0 Å². The lowest BCUT2D eigenvalue weighted by atomic mass is 9.82. The van der Waals surface area contributed by atoms with Crippen LogP contribution in [0.25, 0.3) is 0 Å². The van der Waals surface area contributed by atoms with Gasteiger partial charge in [-0.2, -0.15) is 0 Å². The second-order valence-electron chi connectivity index (χ2n) is 5.32. The summed E-state index contributed by atoms with van der Waals surface area (Å²) in [6.45, 7) is 4.29. The Hall–Kier alpha value is -0.540. The molecule has 17 heavy (non-hydrogen) atoms. The normalized spacial score (nSPS) is 25.1. The summed E-state index contributed by atoms with van der Waals surface area (Å²) in [5.41, 5.74) is 0. The van der Waals surface area contributed by atoms with Crippen molar-refractivity contribution in [3.63, 3.8) is 0 Å². The van der Waals surface area contributed by atoms with Crippen molar-refractivity contribution in [1.82, 2.24) is 14.9 Å². The lowest BCUT2D eigenvalue weighted by molar-refractivity contribution is 0.273. The Morgan fingerprint density at radius 2 is 2.35 bits per heavy atom. The molecule has 0 aliphatic heterocycles. The molecule has 3 nitrogen and oxygen atoms in total. The van der Waals surface area contributed by atoms with Crippen LogP contribution in [0, 0.1) is 11.8 Å². The number of hydrogen-bond donors (Lipinski definition) is 1. The van der Waals surface area contributed by atoms with Gasteiger partial charge in [0.15, 0.2) is 0 Å². The summed E-state index contributed by atoms with van der Waals surface area (Å²) in [6, 6.07) is 0. The molecule has 2 rings (SSSR count). The first-order valence-electron chi connectivity index (χ1n) is 6.53. The predicted molar refractivity (Wildman–Crippen MR) is 71.0 cm³/mol. The summed E-state index contributed by atoms with van der Waals surface area (Å²) < 4.78 is 1.93. The number of nitrogens with zero attached hydrogens (tertiary/aromatic N) is 2. The minimum atomic E-state index is 0.702. The molecule has 96 valence electrons. The molecule has 0 radical (unpaired) electrons. The number of rotatable bonds is 4. The van der Waals surface area contributed by atoms with Crippen molar-refractivity contribution in [2.45, 2.75) is 39.2 Å². The zero-order valence-corrected chi connectivity index (χ0v) is 11.5. The Morgan fingerprint density at radius 1 is 1.53 bits per heavy atom. The van der Waals surface area contributed by atoms with Crippen molar-refractivity contribution in [3.05, 3.63) is 17.2 Å². The first-order chi connectivity index (χ1) is 8.16. The van der Waals surface area contributed by atoms with E-state index in [0.29, 0.717) is 5.15 Å². The van der Waals surface area contributed by atoms with Gasteiger partial charge in [-0.05, 0) is 31.2 Å². The van der Waals surface area contributed by atoms with Crippen molar-refractivity contribution in [1.29, 1.82) is 0 Å². The van der Waals surface area contributed by atoms with Gasteiger partial charge in [0.1, 0.15) is 11.0 Å². The maximum atomic E-state index is 5.95. The van der Waals surface area contributed by atoms with Crippen LogP contribution in [-0.2, 0) is 13.6 Å². The number of hydrogen-bond acceptors (Lipinski definition) is 2. The Bertz CT molecular complexity index is 362. The minimum Gasteiger partial charge on any atom is -0.321 e. The minimum absolute atomic E-state index is 0.702. The van der Waals surface area contributed by atoms with Gasteiger partial charge in [0, 0.05) is 7.05 Å². The number of halogens is 1. The summed E-state index contributed by atoms with van der Waals surface area (Å²) in [5.74, 6) is 2.76. The van der Waals surface area contributed by atoms with Crippen LogP contribution < -0.4 is 5.32 Å². The molecule has 1 aromatic heterocycles.